The number of amides is 1. The second-order valence-corrected chi connectivity index (χ2v) is 6.73. The molecule has 3 rings (SSSR count). The van der Waals surface area contributed by atoms with E-state index in [2.05, 4.69) is 26.2 Å². The number of aryl methyl sites for hydroxylation is 2. The van der Waals surface area contributed by atoms with E-state index in [1.807, 2.05) is 32.0 Å². The molecule has 1 aliphatic heterocycles. The Morgan fingerprint density at radius 1 is 1.27 bits per heavy atom. The number of nitrogens with zero attached hydrogens (tertiary/aromatic N) is 1. The second kappa shape index (κ2) is 6.14. The summed E-state index contributed by atoms with van der Waals surface area (Å²) in [6.07, 6.45) is 1.70. The van der Waals surface area contributed by atoms with E-state index in [9.17, 15) is 4.79 Å². The van der Waals surface area contributed by atoms with Gasteiger partial charge in [0.25, 0.3) is 5.91 Å². The van der Waals surface area contributed by atoms with E-state index in [0.29, 0.717) is 20.5 Å². The summed E-state index contributed by atoms with van der Waals surface area (Å²) in [5.74, 6) is 0.457. The highest BCUT2D eigenvalue weighted by molar-refractivity contribution is 9.10. The lowest BCUT2D eigenvalue weighted by molar-refractivity contribution is -0.115. The van der Waals surface area contributed by atoms with Crippen LogP contribution in [0, 0.1) is 13.8 Å². The highest BCUT2D eigenvalue weighted by atomic mass is 79.9. The predicted octanol–water partition coefficient (Wildman–Crippen LogP) is 4.55. The number of benzene rings is 1. The second-order valence-electron chi connectivity index (χ2n) is 4.91. The highest BCUT2D eigenvalue weighted by Gasteiger charge is 2.24. The van der Waals surface area contributed by atoms with Crippen molar-refractivity contribution in [1.29, 1.82) is 0 Å². The zero-order chi connectivity index (χ0) is 15.7. The lowest BCUT2D eigenvalue weighted by atomic mass is 10.1. The first kappa shape index (κ1) is 15.1. The minimum Gasteiger partial charge on any atom is -0.450 e. The monoisotopic (exact) mass is 376 g/mol. The first-order valence-corrected chi connectivity index (χ1v) is 8.24. The number of halogens is 1. The smallest absolute Gasteiger partial charge is 0.264 e. The summed E-state index contributed by atoms with van der Waals surface area (Å²) < 4.78 is 6.02. The molecule has 0 saturated carbocycles. The van der Waals surface area contributed by atoms with Gasteiger partial charge in [0.05, 0.1) is 10.6 Å². The molecule has 1 fully saturated rings. The number of aliphatic imine (C=N–C) groups is 1. The average Bonchev–Trinajstić information content (AvgIpc) is 3.01. The summed E-state index contributed by atoms with van der Waals surface area (Å²) in [5.41, 5.74) is 3.07. The van der Waals surface area contributed by atoms with Crippen molar-refractivity contribution in [2.75, 3.05) is 0 Å². The normalized spacial score (nSPS) is 18.2. The molecule has 0 atom stereocenters. The van der Waals surface area contributed by atoms with Crippen LogP contribution in [0.15, 0.2) is 49.3 Å². The lowest BCUT2D eigenvalue weighted by Crippen LogP contribution is -2.19. The molecule has 0 unspecified atom stereocenters. The topological polar surface area (TPSA) is 54.6 Å². The first-order chi connectivity index (χ1) is 10.5. The van der Waals surface area contributed by atoms with E-state index in [0.717, 1.165) is 16.8 Å². The lowest BCUT2D eigenvalue weighted by Gasteiger charge is -2.02. The molecule has 0 radical (unpaired) electrons. The van der Waals surface area contributed by atoms with Gasteiger partial charge in [-0.15, -0.1) is 0 Å². The van der Waals surface area contributed by atoms with Gasteiger partial charge in [-0.1, -0.05) is 12.1 Å². The zero-order valence-electron chi connectivity index (χ0n) is 12.0. The van der Waals surface area contributed by atoms with Crippen molar-refractivity contribution in [2.24, 2.45) is 4.99 Å². The van der Waals surface area contributed by atoms with E-state index in [-0.39, 0.29) is 5.91 Å². The molecule has 1 aliphatic rings. The van der Waals surface area contributed by atoms with E-state index in [1.165, 1.54) is 11.8 Å². The van der Waals surface area contributed by atoms with Crippen LogP contribution in [-0.2, 0) is 4.79 Å². The van der Waals surface area contributed by atoms with Crippen LogP contribution in [0.4, 0.5) is 5.69 Å². The summed E-state index contributed by atoms with van der Waals surface area (Å²) in [5, 5.41) is 3.36. The van der Waals surface area contributed by atoms with Crippen molar-refractivity contribution in [1.82, 2.24) is 5.32 Å². The standard InChI is InChI=1S/C16H13BrN2O2S/c1-9-3-4-10(2)12(7-9)18-16-19-15(20)13(22-16)8-11-5-6-14(17)21-11/h3-8H,1-2H3,(H,18,19,20)/b13-8+. The molecule has 0 bridgehead atoms. The van der Waals surface area contributed by atoms with Crippen molar-refractivity contribution >= 4 is 50.5 Å². The number of furan rings is 1. The van der Waals surface area contributed by atoms with Gasteiger partial charge < -0.3 is 9.73 Å². The summed E-state index contributed by atoms with van der Waals surface area (Å²) in [6, 6.07) is 9.65. The molecule has 22 heavy (non-hydrogen) atoms. The quantitative estimate of drug-likeness (QED) is 0.782. The Hall–Kier alpha value is -1.79. The van der Waals surface area contributed by atoms with Crippen molar-refractivity contribution < 1.29 is 9.21 Å². The molecule has 1 aromatic carbocycles. The molecule has 1 aromatic heterocycles. The van der Waals surface area contributed by atoms with Crippen molar-refractivity contribution in [3.63, 3.8) is 0 Å². The van der Waals surface area contributed by atoms with Crippen molar-refractivity contribution in [2.45, 2.75) is 13.8 Å². The number of hydrogen-bond acceptors (Lipinski definition) is 4. The van der Waals surface area contributed by atoms with Gasteiger partial charge in [0.2, 0.25) is 0 Å². The number of amidine groups is 1. The third-order valence-corrected chi connectivity index (χ3v) is 4.44. The molecule has 1 N–H and O–H groups in total. The summed E-state index contributed by atoms with van der Waals surface area (Å²) in [6.45, 7) is 4.01. The average molecular weight is 377 g/mol. The minimum atomic E-state index is -0.165. The molecule has 4 nitrogen and oxygen atoms in total. The van der Waals surface area contributed by atoms with Crippen LogP contribution in [0.1, 0.15) is 16.9 Å². The number of hydrogen-bond donors (Lipinski definition) is 1. The minimum absolute atomic E-state index is 0.165. The van der Waals surface area contributed by atoms with Crippen LogP contribution >= 0.6 is 27.7 Å². The van der Waals surface area contributed by atoms with Crippen molar-refractivity contribution in [3.05, 3.63) is 56.8 Å². The van der Waals surface area contributed by atoms with Gasteiger partial charge in [-0.2, -0.15) is 0 Å². The molecule has 112 valence electrons. The molecule has 1 amide bonds. The zero-order valence-corrected chi connectivity index (χ0v) is 14.4. The molecule has 0 spiro atoms. The van der Waals surface area contributed by atoms with Gasteiger partial charge in [0.1, 0.15) is 5.76 Å². The van der Waals surface area contributed by atoms with Gasteiger partial charge in [-0.25, -0.2) is 4.99 Å². The van der Waals surface area contributed by atoms with E-state index in [4.69, 9.17) is 4.42 Å². The first-order valence-electron chi connectivity index (χ1n) is 6.63. The third-order valence-electron chi connectivity index (χ3n) is 3.10. The summed E-state index contributed by atoms with van der Waals surface area (Å²) in [4.78, 5) is 17.1. The van der Waals surface area contributed by atoms with Crippen LogP contribution < -0.4 is 5.32 Å². The maximum Gasteiger partial charge on any atom is 0.264 e. The molecule has 2 aromatic rings. The molecular formula is C16H13BrN2O2S. The van der Waals surface area contributed by atoms with Gasteiger partial charge >= 0.3 is 0 Å². The molecule has 2 heterocycles. The van der Waals surface area contributed by atoms with E-state index in [1.54, 1.807) is 18.2 Å². The Bertz CT molecular complexity index is 808. The fourth-order valence-electron chi connectivity index (χ4n) is 1.96. The van der Waals surface area contributed by atoms with Gasteiger partial charge in [0, 0.05) is 6.08 Å². The maximum atomic E-state index is 12.0. The van der Waals surface area contributed by atoms with E-state index >= 15 is 0 Å². The van der Waals surface area contributed by atoms with Gasteiger partial charge in [-0.3, -0.25) is 4.79 Å². The number of carbonyl (C=O) groups excluding carboxylic acids is 1. The number of carbonyl (C=O) groups is 1. The fourth-order valence-corrected chi connectivity index (χ4v) is 3.10. The Kier molecular flexibility index (Phi) is 4.22. The van der Waals surface area contributed by atoms with Crippen LogP contribution in [0.25, 0.3) is 6.08 Å². The molecular weight excluding hydrogens is 364 g/mol. The number of thioether (sulfide) groups is 1. The van der Waals surface area contributed by atoms with Gasteiger partial charge in [0.15, 0.2) is 9.84 Å². The molecule has 1 saturated heterocycles. The van der Waals surface area contributed by atoms with Crippen LogP contribution in [0.3, 0.4) is 0 Å². The number of rotatable bonds is 2. The molecule has 6 heteroatoms. The van der Waals surface area contributed by atoms with E-state index < -0.39 is 0 Å². The summed E-state index contributed by atoms with van der Waals surface area (Å²) >= 11 is 4.55. The van der Waals surface area contributed by atoms with Crippen LogP contribution in [-0.4, -0.2) is 11.1 Å². The molecule has 0 aliphatic carbocycles. The maximum absolute atomic E-state index is 12.0. The van der Waals surface area contributed by atoms with Crippen LogP contribution in [0.5, 0.6) is 0 Å². The Morgan fingerprint density at radius 2 is 2.09 bits per heavy atom. The van der Waals surface area contributed by atoms with Crippen molar-refractivity contribution in [3.8, 4) is 0 Å². The van der Waals surface area contributed by atoms with Gasteiger partial charge in [-0.05, 0) is 70.9 Å². The third kappa shape index (κ3) is 3.34. The highest BCUT2D eigenvalue weighted by Crippen LogP contribution is 2.30. The van der Waals surface area contributed by atoms with Crippen LogP contribution in [0.2, 0.25) is 0 Å². The Labute approximate surface area is 140 Å². The SMILES string of the molecule is Cc1ccc(C)c(N=C2NC(=O)/C(=C\c3ccc(Br)o3)S2)c1. The largest absolute Gasteiger partial charge is 0.450 e. The number of nitrogens with one attached hydrogen (secondary N) is 1. The predicted molar refractivity (Wildman–Crippen MR) is 93.1 cm³/mol. The fraction of sp³-hybridized carbons (Fsp3) is 0.125. The Balaban J connectivity index is 1.86. The summed E-state index contributed by atoms with van der Waals surface area (Å²) in [7, 11) is 0. The Morgan fingerprint density at radius 3 is 2.82 bits per heavy atom.